The molecular weight excluding hydrogens is 724 g/mol. The summed E-state index contributed by atoms with van der Waals surface area (Å²) in [5.74, 6) is 0. The van der Waals surface area contributed by atoms with E-state index in [0.717, 1.165) is 23.8 Å². The minimum Gasteiger partial charge on any atom is -0.472 e. The lowest BCUT2D eigenvalue weighted by Gasteiger charge is -2.23. The van der Waals surface area contributed by atoms with Crippen LogP contribution >= 0.6 is 15.4 Å². The Bertz CT molecular complexity index is 1470. The van der Waals surface area contributed by atoms with E-state index in [9.17, 15) is 33.3 Å². The van der Waals surface area contributed by atoms with Gasteiger partial charge >= 0.3 is 26.8 Å². The quantitative estimate of drug-likeness (QED) is 0.0194. The molecule has 2 rings (SSSR count). The fraction of sp³-hybridized carbons (Fsp3) is 0.844. The molecule has 298 valence electrons. The molecule has 2 heterocycles. The first kappa shape index (κ1) is 45.8. The monoisotopic (exact) mass is 781 g/mol. The summed E-state index contributed by atoms with van der Waals surface area (Å²) in [7, 11) is -10.1. The molecule has 0 bridgehead atoms. The van der Waals surface area contributed by atoms with Gasteiger partial charge in [-0.15, -0.1) is 0 Å². The number of ether oxygens (including phenoxy) is 2. The molecule has 1 aliphatic heterocycles. The van der Waals surface area contributed by atoms with Gasteiger partial charge in [-0.3, -0.25) is 27.9 Å². The van der Waals surface area contributed by atoms with E-state index >= 15 is 0 Å². The van der Waals surface area contributed by atoms with Crippen LogP contribution in [0, 0.1) is 6.92 Å². The van der Waals surface area contributed by atoms with Crippen LogP contribution in [0.5, 0.6) is 0 Å². The largest absolute Gasteiger partial charge is 0.472 e. The lowest BCUT2D eigenvalue weighted by Crippen LogP contribution is -2.33. The van der Waals surface area contributed by atoms with Crippen molar-refractivity contribution >= 4 is 21.1 Å². The molecular formula is C32H57N5O13P2. The smallest absolute Gasteiger partial charge is 0.472 e. The lowest BCUT2D eigenvalue weighted by atomic mass is 10.0. The van der Waals surface area contributed by atoms with Crippen LogP contribution in [0.25, 0.3) is 10.4 Å². The average Bonchev–Trinajstić information content (AvgIpc) is 3.49. The molecule has 52 heavy (non-hydrogen) atoms. The minimum atomic E-state index is -5.11. The number of hydrogen-bond acceptors (Lipinski definition) is 11. The van der Waals surface area contributed by atoms with Crippen LogP contribution < -0.4 is 11.2 Å². The summed E-state index contributed by atoms with van der Waals surface area (Å²) in [6.07, 6.45) is 16.9. The predicted octanol–water partition coefficient (Wildman–Crippen LogP) is 7.47. The van der Waals surface area contributed by atoms with Crippen LogP contribution in [0.15, 0.2) is 20.9 Å². The molecule has 0 aliphatic carbocycles. The zero-order valence-electron chi connectivity index (χ0n) is 30.3. The van der Waals surface area contributed by atoms with E-state index in [0.29, 0.717) is 6.42 Å². The van der Waals surface area contributed by atoms with Crippen LogP contribution in [-0.4, -0.2) is 74.8 Å². The number of unbranched alkanes of at least 4 members (excludes halogenated alkanes) is 15. The van der Waals surface area contributed by atoms with Crippen molar-refractivity contribution in [2.24, 2.45) is 5.11 Å². The zero-order chi connectivity index (χ0) is 38.4. The number of nitrogens with zero attached hydrogens (tertiary/aromatic N) is 4. The summed E-state index contributed by atoms with van der Waals surface area (Å²) in [6.45, 7) is 2.05. The third-order valence-electron chi connectivity index (χ3n) is 8.67. The van der Waals surface area contributed by atoms with Crippen molar-refractivity contribution in [2.45, 2.75) is 147 Å². The highest BCUT2D eigenvalue weighted by Gasteiger charge is 2.39. The Morgan fingerprint density at radius 1 is 0.981 bits per heavy atom. The molecule has 1 aliphatic rings. The number of aromatic amines is 1. The number of aryl methyl sites for hydroxylation is 1. The second kappa shape index (κ2) is 24.9. The summed E-state index contributed by atoms with van der Waals surface area (Å²) in [5.41, 5.74) is 5.74. The first-order valence-electron chi connectivity index (χ1n) is 18.3. The van der Waals surface area contributed by atoms with E-state index in [-0.39, 0.29) is 25.2 Å². The van der Waals surface area contributed by atoms with E-state index in [2.05, 4.69) is 26.5 Å². The van der Waals surface area contributed by atoms with Crippen molar-refractivity contribution in [3.63, 3.8) is 0 Å². The van der Waals surface area contributed by atoms with Crippen molar-refractivity contribution in [1.82, 2.24) is 9.55 Å². The maximum absolute atomic E-state index is 12.9. The minimum absolute atomic E-state index is 0.0231. The number of carbonyl (C=O) groups is 1. The van der Waals surface area contributed by atoms with Crippen molar-refractivity contribution in [1.29, 1.82) is 0 Å². The van der Waals surface area contributed by atoms with E-state index in [1.54, 1.807) is 0 Å². The first-order valence-corrected chi connectivity index (χ1v) is 21.3. The zero-order valence-corrected chi connectivity index (χ0v) is 32.1. The van der Waals surface area contributed by atoms with Gasteiger partial charge in [-0.05, 0) is 18.9 Å². The number of phosphoric ester groups is 1. The normalized spacial score (nSPS) is 20.2. The summed E-state index contributed by atoms with van der Waals surface area (Å²) >= 11 is 0. The summed E-state index contributed by atoms with van der Waals surface area (Å²) in [5, 5.41) is 12.5. The van der Waals surface area contributed by atoms with Crippen molar-refractivity contribution in [3.8, 4) is 0 Å². The van der Waals surface area contributed by atoms with E-state index < -0.39 is 70.1 Å². The SMILES string of the molecule is CCCCCCCCCCCCCCCCCCOCC(COP(=O)(O)C(=O)O)OP(=O)(O)OCC1OC(n2cc(C)c(=O)[nH]c2=O)CC1N=[N+]=[N-]. The fourth-order valence-electron chi connectivity index (χ4n) is 5.73. The van der Waals surface area contributed by atoms with Gasteiger partial charge in [-0.25, -0.2) is 18.7 Å². The van der Waals surface area contributed by atoms with Gasteiger partial charge in [0.05, 0.1) is 32.0 Å². The first-order chi connectivity index (χ1) is 24.8. The molecule has 0 aromatic carbocycles. The van der Waals surface area contributed by atoms with Crippen molar-refractivity contribution < 1.29 is 51.9 Å². The van der Waals surface area contributed by atoms with Gasteiger partial charge in [0.1, 0.15) is 12.3 Å². The Labute approximate surface area is 304 Å². The molecule has 20 heteroatoms. The van der Waals surface area contributed by atoms with E-state index in [1.165, 1.54) is 90.2 Å². The molecule has 1 aromatic heterocycles. The highest BCUT2D eigenvalue weighted by molar-refractivity contribution is 7.70. The Morgan fingerprint density at radius 2 is 1.54 bits per heavy atom. The summed E-state index contributed by atoms with van der Waals surface area (Å²) < 4.78 is 51.9. The second-order valence-corrected chi connectivity index (χ2v) is 16.2. The highest BCUT2D eigenvalue weighted by Crippen LogP contribution is 2.47. The number of H-pyrrole nitrogens is 1. The lowest BCUT2D eigenvalue weighted by molar-refractivity contribution is -0.0368. The number of azide groups is 1. The number of nitrogens with one attached hydrogen (secondary N) is 1. The summed E-state index contributed by atoms with van der Waals surface area (Å²) in [6, 6.07) is -0.938. The van der Waals surface area contributed by atoms with Crippen LogP contribution in [-0.2, 0) is 32.2 Å². The Morgan fingerprint density at radius 3 is 2.08 bits per heavy atom. The second-order valence-electron chi connectivity index (χ2n) is 13.1. The van der Waals surface area contributed by atoms with Crippen LogP contribution in [0.4, 0.5) is 4.79 Å². The number of carboxylic acid groups (broad SMARTS) is 1. The maximum Gasteiger partial charge on any atom is 0.472 e. The molecule has 6 atom stereocenters. The van der Waals surface area contributed by atoms with Crippen LogP contribution in [0.3, 0.4) is 0 Å². The van der Waals surface area contributed by atoms with E-state index in [1.807, 2.05) is 0 Å². The fourth-order valence-corrected chi connectivity index (χ4v) is 7.10. The standard InChI is InChI=1S/C32H57N5O13P2/c1-3-4-5-6-7-8-9-10-11-12-13-14-15-16-17-18-19-46-22-26(23-47-51(42,43)32(40)41)50-52(44,45)48-24-28-27(35-36-33)20-29(49-28)37-21-25(2)30(38)34-31(37)39/h21,26-29H,3-20,22-24H2,1-2H3,(H,40,41)(H,42,43)(H,44,45)(H,34,38,39). The van der Waals surface area contributed by atoms with E-state index in [4.69, 9.17) is 29.2 Å². The third-order valence-corrected chi connectivity index (χ3v) is 10.7. The average molecular weight is 782 g/mol. The maximum atomic E-state index is 12.9. The topological polar surface area (TPSA) is 262 Å². The Kier molecular flexibility index (Phi) is 21.9. The molecule has 1 fully saturated rings. The molecule has 4 N–H and O–H groups in total. The third kappa shape index (κ3) is 18.1. The van der Waals surface area contributed by atoms with Crippen molar-refractivity contribution in [3.05, 3.63) is 43.0 Å². The molecule has 0 saturated carbocycles. The molecule has 0 radical (unpaired) electrons. The van der Waals surface area contributed by atoms with Gasteiger partial charge in [0.25, 0.3) is 5.56 Å². The number of aromatic nitrogens is 2. The van der Waals surface area contributed by atoms with Gasteiger partial charge in [0, 0.05) is 29.7 Å². The Balaban J connectivity index is 1.77. The van der Waals surface area contributed by atoms with Gasteiger partial charge < -0.3 is 24.4 Å². The molecule has 6 unspecified atom stereocenters. The highest BCUT2D eigenvalue weighted by atomic mass is 31.2. The number of phosphoric acid groups is 1. The van der Waals surface area contributed by atoms with Gasteiger partial charge in [0.15, 0.2) is 0 Å². The molecule has 0 spiro atoms. The summed E-state index contributed by atoms with van der Waals surface area (Å²) in [4.78, 5) is 60.0. The molecule has 1 aromatic rings. The van der Waals surface area contributed by atoms with Crippen LogP contribution in [0.2, 0.25) is 0 Å². The Hall–Kier alpha value is -2.36. The number of rotatable bonds is 30. The molecule has 18 nitrogen and oxygen atoms in total. The van der Waals surface area contributed by atoms with Gasteiger partial charge in [-0.1, -0.05) is 108 Å². The molecule has 0 amide bonds. The number of hydrogen-bond donors (Lipinski definition) is 4. The molecule has 1 saturated heterocycles. The van der Waals surface area contributed by atoms with Crippen LogP contribution in [0.1, 0.15) is 128 Å². The van der Waals surface area contributed by atoms with Gasteiger partial charge in [0.2, 0.25) is 0 Å². The van der Waals surface area contributed by atoms with Crippen molar-refractivity contribution in [2.75, 3.05) is 26.4 Å². The predicted molar refractivity (Wildman–Crippen MR) is 192 cm³/mol. The van der Waals surface area contributed by atoms with Gasteiger partial charge in [-0.2, -0.15) is 0 Å².